The van der Waals surface area contributed by atoms with Gasteiger partial charge in [-0.3, -0.25) is 4.79 Å². The van der Waals surface area contributed by atoms with E-state index in [2.05, 4.69) is 19.1 Å². The molecule has 1 aromatic rings. The summed E-state index contributed by atoms with van der Waals surface area (Å²) in [5.41, 5.74) is 1.27. The summed E-state index contributed by atoms with van der Waals surface area (Å²) in [5, 5.41) is 0. The van der Waals surface area contributed by atoms with Crippen LogP contribution in [0.5, 0.6) is 0 Å². The molecule has 0 bridgehead atoms. The highest BCUT2D eigenvalue weighted by molar-refractivity contribution is 5.87. The first-order chi connectivity index (χ1) is 6.74. The van der Waals surface area contributed by atoms with Crippen molar-refractivity contribution >= 4 is 5.78 Å². The van der Waals surface area contributed by atoms with Crippen LogP contribution in [0.1, 0.15) is 31.7 Å². The minimum Gasteiger partial charge on any atom is -0.295 e. The fraction of sp³-hybridized carbons (Fsp3) is 0.308. The molecule has 0 amide bonds. The van der Waals surface area contributed by atoms with Gasteiger partial charge in [0.15, 0.2) is 5.78 Å². The Morgan fingerprint density at radius 1 is 1.36 bits per heavy atom. The first-order valence-electron chi connectivity index (χ1n) is 4.97. The van der Waals surface area contributed by atoms with Gasteiger partial charge in [-0.2, -0.15) is 0 Å². The molecule has 1 atom stereocenters. The molecule has 0 saturated heterocycles. The highest BCUT2D eigenvalue weighted by atomic mass is 16.1. The molecule has 0 aromatic heterocycles. The molecule has 0 unspecified atom stereocenters. The number of rotatable bonds is 4. The number of allylic oxidation sites excluding steroid dienone is 2. The Kier molecular flexibility index (Phi) is 4.11. The smallest absolute Gasteiger partial charge is 0.152 e. The molecule has 0 aliphatic carbocycles. The molecule has 1 heteroatoms. The maximum atomic E-state index is 10.8. The lowest BCUT2D eigenvalue weighted by molar-refractivity contribution is -0.112. The molecule has 0 fully saturated rings. The van der Waals surface area contributed by atoms with Crippen LogP contribution in [0.4, 0.5) is 0 Å². The quantitative estimate of drug-likeness (QED) is 0.662. The predicted molar refractivity (Wildman–Crippen MR) is 59.3 cm³/mol. The largest absolute Gasteiger partial charge is 0.295 e. The van der Waals surface area contributed by atoms with Crippen molar-refractivity contribution in [3.05, 3.63) is 48.0 Å². The minimum absolute atomic E-state index is 0.111. The second-order valence-corrected chi connectivity index (χ2v) is 3.40. The van der Waals surface area contributed by atoms with Gasteiger partial charge in [0.1, 0.15) is 0 Å². The third kappa shape index (κ3) is 3.17. The molecule has 0 aliphatic rings. The SMILES string of the molecule is CC[C@@H](/C=C/C(C)=O)c1ccccc1. The van der Waals surface area contributed by atoms with Gasteiger partial charge in [0.2, 0.25) is 0 Å². The first kappa shape index (κ1) is 10.7. The highest BCUT2D eigenvalue weighted by Gasteiger charge is 2.03. The molecule has 14 heavy (non-hydrogen) atoms. The summed E-state index contributed by atoms with van der Waals surface area (Å²) < 4.78 is 0. The molecule has 0 spiro atoms. The number of carbonyl (C=O) groups excluding carboxylic acids is 1. The summed E-state index contributed by atoms with van der Waals surface area (Å²) in [6.45, 7) is 3.70. The number of hydrogen-bond acceptors (Lipinski definition) is 1. The van der Waals surface area contributed by atoms with Gasteiger partial charge in [0, 0.05) is 5.92 Å². The summed E-state index contributed by atoms with van der Waals surface area (Å²) in [4.78, 5) is 10.8. The van der Waals surface area contributed by atoms with Gasteiger partial charge < -0.3 is 0 Å². The molecule has 0 saturated carbocycles. The van der Waals surface area contributed by atoms with Gasteiger partial charge in [0.05, 0.1) is 0 Å². The van der Waals surface area contributed by atoms with Crippen molar-refractivity contribution in [3.63, 3.8) is 0 Å². The molecule has 0 heterocycles. The van der Waals surface area contributed by atoms with Crippen LogP contribution in [0.25, 0.3) is 0 Å². The first-order valence-corrected chi connectivity index (χ1v) is 4.97. The zero-order valence-corrected chi connectivity index (χ0v) is 8.73. The van der Waals surface area contributed by atoms with Crippen LogP contribution in [0.15, 0.2) is 42.5 Å². The number of benzene rings is 1. The van der Waals surface area contributed by atoms with Crippen LogP contribution in [-0.2, 0) is 4.79 Å². The lowest BCUT2D eigenvalue weighted by Gasteiger charge is -2.09. The van der Waals surface area contributed by atoms with Gasteiger partial charge in [-0.25, -0.2) is 0 Å². The van der Waals surface area contributed by atoms with Gasteiger partial charge >= 0.3 is 0 Å². The second-order valence-electron chi connectivity index (χ2n) is 3.40. The zero-order valence-electron chi connectivity index (χ0n) is 8.73. The Morgan fingerprint density at radius 2 is 2.00 bits per heavy atom. The molecule has 0 radical (unpaired) electrons. The van der Waals surface area contributed by atoms with E-state index in [1.165, 1.54) is 5.56 Å². The molecule has 1 aromatic carbocycles. The number of carbonyl (C=O) groups is 1. The third-order valence-electron chi connectivity index (χ3n) is 2.23. The molecule has 1 rings (SSSR count). The Hall–Kier alpha value is -1.37. The molecule has 1 nitrogen and oxygen atoms in total. The Balaban J connectivity index is 2.78. The van der Waals surface area contributed by atoms with Crippen molar-refractivity contribution in [3.8, 4) is 0 Å². The molecule has 0 aliphatic heterocycles. The fourth-order valence-electron chi connectivity index (χ4n) is 1.43. The van der Waals surface area contributed by atoms with Gasteiger partial charge in [-0.05, 0) is 25.0 Å². The van der Waals surface area contributed by atoms with Crippen LogP contribution >= 0.6 is 0 Å². The van der Waals surface area contributed by atoms with Crippen molar-refractivity contribution in [2.24, 2.45) is 0 Å². The number of hydrogen-bond donors (Lipinski definition) is 0. The summed E-state index contributed by atoms with van der Waals surface area (Å²) in [6.07, 6.45) is 4.66. The van der Waals surface area contributed by atoms with E-state index in [1.807, 2.05) is 24.3 Å². The zero-order chi connectivity index (χ0) is 10.4. The molecule has 0 N–H and O–H groups in total. The van der Waals surface area contributed by atoms with E-state index in [0.717, 1.165) is 6.42 Å². The Morgan fingerprint density at radius 3 is 2.50 bits per heavy atom. The van der Waals surface area contributed by atoms with E-state index in [-0.39, 0.29) is 5.78 Å². The Labute approximate surface area is 85.5 Å². The summed E-state index contributed by atoms with van der Waals surface area (Å²) in [7, 11) is 0. The normalized spacial score (nSPS) is 13.0. The third-order valence-corrected chi connectivity index (χ3v) is 2.23. The van der Waals surface area contributed by atoms with E-state index in [9.17, 15) is 4.79 Å². The minimum atomic E-state index is 0.111. The van der Waals surface area contributed by atoms with Gasteiger partial charge in [-0.15, -0.1) is 0 Å². The van der Waals surface area contributed by atoms with Crippen molar-refractivity contribution in [2.45, 2.75) is 26.2 Å². The Bertz CT molecular complexity index is 311. The van der Waals surface area contributed by atoms with Crippen LogP contribution in [-0.4, -0.2) is 5.78 Å². The highest BCUT2D eigenvalue weighted by Crippen LogP contribution is 2.20. The summed E-state index contributed by atoms with van der Waals surface area (Å²) in [5.74, 6) is 0.472. The maximum Gasteiger partial charge on any atom is 0.152 e. The van der Waals surface area contributed by atoms with Crippen LogP contribution in [0.3, 0.4) is 0 Å². The van der Waals surface area contributed by atoms with Gasteiger partial charge in [-0.1, -0.05) is 43.3 Å². The van der Waals surface area contributed by atoms with E-state index in [0.29, 0.717) is 5.92 Å². The van der Waals surface area contributed by atoms with E-state index in [4.69, 9.17) is 0 Å². The van der Waals surface area contributed by atoms with Crippen LogP contribution in [0.2, 0.25) is 0 Å². The van der Waals surface area contributed by atoms with E-state index >= 15 is 0 Å². The van der Waals surface area contributed by atoms with Gasteiger partial charge in [0.25, 0.3) is 0 Å². The van der Waals surface area contributed by atoms with Crippen molar-refractivity contribution < 1.29 is 4.79 Å². The lowest BCUT2D eigenvalue weighted by atomic mass is 9.96. The maximum absolute atomic E-state index is 10.8. The molecular weight excluding hydrogens is 172 g/mol. The number of ketones is 1. The predicted octanol–water partition coefficient (Wildman–Crippen LogP) is 3.33. The van der Waals surface area contributed by atoms with Crippen molar-refractivity contribution in [1.29, 1.82) is 0 Å². The topological polar surface area (TPSA) is 17.1 Å². The fourth-order valence-corrected chi connectivity index (χ4v) is 1.43. The molecular formula is C13H16O. The second kappa shape index (κ2) is 5.38. The van der Waals surface area contributed by atoms with E-state index < -0.39 is 0 Å². The van der Waals surface area contributed by atoms with Crippen molar-refractivity contribution in [1.82, 2.24) is 0 Å². The lowest BCUT2D eigenvalue weighted by Crippen LogP contribution is -1.93. The standard InChI is InChI=1S/C13H16O/c1-3-12(10-9-11(2)14)13-7-5-4-6-8-13/h4-10,12H,3H2,1-2H3/b10-9+/t12-/m0/s1. The molecule has 74 valence electrons. The average Bonchev–Trinajstić information content (AvgIpc) is 2.20. The average molecular weight is 188 g/mol. The van der Waals surface area contributed by atoms with Crippen molar-refractivity contribution in [2.75, 3.05) is 0 Å². The summed E-state index contributed by atoms with van der Waals surface area (Å²) >= 11 is 0. The van der Waals surface area contributed by atoms with Crippen LogP contribution in [0, 0.1) is 0 Å². The van der Waals surface area contributed by atoms with E-state index in [1.54, 1.807) is 13.0 Å². The van der Waals surface area contributed by atoms with Crippen LogP contribution < -0.4 is 0 Å². The summed E-state index contributed by atoms with van der Waals surface area (Å²) in [6, 6.07) is 10.3. The monoisotopic (exact) mass is 188 g/mol.